The highest BCUT2D eigenvalue weighted by Gasteiger charge is 2.14. The Balaban J connectivity index is 3.55. The van der Waals surface area contributed by atoms with Crippen molar-refractivity contribution in [3.8, 4) is 6.07 Å². The number of nitrogens with zero attached hydrogens (tertiary/aromatic N) is 1. The lowest BCUT2D eigenvalue weighted by Crippen LogP contribution is -2.10. The molecule has 1 atom stereocenters. The molecule has 3 nitrogen and oxygen atoms in total. The van der Waals surface area contributed by atoms with Gasteiger partial charge in [0, 0.05) is 0 Å². The molecule has 0 aromatic heterocycles. The van der Waals surface area contributed by atoms with E-state index in [9.17, 15) is 4.79 Å². The van der Waals surface area contributed by atoms with E-state index >= 15 is 0 Å². The van der Waals surface area contributed by atoms with Crippen LogP contribution in [0.25, 0.3) is 0 Å². The molecule has 1 N–H and O–H groups in total. The van der Waals surface area contributed by atoms with Crippen molar-refractivity contribution in [3.63, 3.8) is 0 Å². The largest absolute Gasteiger partial charge is 0.480 e. The highest BCUT2D eigenvalue weighted by molar-refractivity contribution is 5.72. The Morgan fingerprint density at radius 2 is 2.27 bits per heavy atom. The number of hydrogen-bond acceptors (Lipinski definition) is 2. The van der Waals surface area contributed by atoms with Crippen LogP contribution in [0.4, 0.5) is 0 Å². The second kappa shape index (κ2) is 5.72. The minimum atomic E-state index is -0.997. The van der Waals surface area contributed by atoms with Gasteiger partial charge in [0.2, 0.25) is 0 Å². The standard InChI is InChI=1S/C8H13NO2/c1-2-3-4-5-7(6-9)8(10)11/h7H,2-5H2,1H3,(H,10,11). The van der Waals surface area contributed by atoms with Crippen molar-refractivity contribution in [2.75, 3.05) is 0 Å². The molecule has 0 aliphatic carbocycles. The van der Waals surface area contributed by atoms with Crippen LogP contribution >= 0.6 is 0 Å². The Kier molecular flexibility index (Phi) is 5.18. The van der Waals surface area contributed by atoms with Gasteiger partial charge in [-0.05, 0) is 6.42 Å². The molecule has 0 saturated carbocycles. The second-order valence-corrected chi connectivity index (χ2v) is 2.52. The molecule has 0 heterocycles. The fourth-order valence-electron chi connectivity index (χ4n) is 0.842. The molecule has 62 valence electrons. The lowest BCUT2D eigenvalue weighted by Gasteiger charge is -2.00. The monoisotopic (exact) mass is 155 g/mol. The molecule has 1 unspecified atom stereocenters. The van der Waals surface area contributed by atoms with Crippen molar-refractivity contribution < 1.29 is 9.90 Å². The van der Waals surface area contributed by atoms with E-state index in [1.807, 2.05) is 6.92 Å². The molecule has 0 aliphatic heterocycles. The van der Waals surface area contributed by atoms with Gasteiger partial charge in [-0.2, -0.15) is 5.26 Å². The van der Waals surface area contributed by atoms with Crippen molar-refractivity contribution in [3.05, 3.63) is 0 Å². The minimum absolute atomic E-state index is 0.486. The summed E-state index contributed by atoms with van der Waals surface area (Å²) >= 11 is 0. The topological polar surface area (TPSA) is 61.1 Å². The van der Waals surface area contributed by atoms with Gasteiger partial charge in [0.25, 0.3) is 0 Å². The van der Waals surface area contributed by atoms with Crippen LogP contribution < -0.4 is 0 Å². The quantitative estimate of drug-likeness (QED) is 0.615. The van der Waals surface area contributed by atoms with Crippen molar-refractivity contribution in [1.29, 1.82) is 5.26 Å². The van der Waals surface area contributed by atoms with Gasteiger partial charge in [0.15, 0.2) is 0 Å². The average molecular weight is 155 g/mol. The second-order valence-electron chi connectivity index (χ2n) is 2.52. The predicted octanol–water partition coefficient (Wildman–Crippen LogP) is 1.79. The lowest BCUT2D eigenvalue weighted by atomic mass is 10.0. The number of rotatable bonds is 5. The number of aliphatic carboxylic acids is 1. The fraction of sp³-hybridized carbons (Fsp3) is 0.750. The third-order valence-corrected chi connectivity index (χ3v) is 1.55. The summed E-state index contributed by atoms with van der Waals surface area (Å²) < 4.78 is 0. The van der Waals surface area contributed by atoms with E-state index in [0.29, 0.717) is 6.42 Å². The van der Waals surface area contributed by atoms with Gasteiger partial charge >= 0.3 is 5.97 Å². The molecule has 11 heavy (non-hydrogen) atoms. The van der Waals surface area contributed by atoms with Gasteiger partial charge in [-0.25, -0.2) is 0 Å². The third-order valence-electron chi connectivity index (χ3n) is 1.55. The molecule has 0 rings (SSSR count). The van der Waals surface area contributed by atoms with Gasteiger partial charge in [-0.15, -0.1) is 0 Å². The highest BCUT2D eigenvalue weighted by Crippen LogP contribution is 2.08. The van der Waals surface area contributed by atoms with Gasteiger partial charge in [0.05, 0.1) is 6.07 Å². The van der Waals surface area contributed by atoms with Gasteiger partial charge in [-0.3, -0.25) is 4.79 Å². The maximum absolute atomic E-state index is 10.3. The van der Waals surface area contributed by atoms with Crippen molar-refractivity contribution in [1.82, 2.24) is 0 Å². The van der Waals surface area contributed by atoms with E-state index in [1.165, 1.54) is 0 Å². The van der Waals surface area contributed by atoms with E-state index in [-0.39, 0.29) is 0 Å². The molecule has 0 saturated heterocycles. The van der Waals surface area contributed by atoms with E-state index in [0.717, 1.165) is 19.3 Å². The first kappa shape index (κ1) is 9.96. The van der Waals surface area contributed by atoms with Gasteiger partial charge in [-0.1, -0.05) is 26.2 Å². The van der Waals surface area contributed by atoms with Crippen LogP contribution in [0.15, 0.2) is 0 Å². The summed E-state index contributed by atoms with van der Waals surface area (Å²) in [6.07, 6.45) is 3.38. The molecule has 0 spiro atoms. The van der Waals surface area contributed by atoms with Crippen LogP contribution in [-0.2, 0) is 4.79 Å². The van der Waals surface area contributed by atoms with Crippen LogP contribution in [0.5, 0.6) is 0 Å². The zero-order chi connectivity index (χ0) is 8.69. The minimum Gasteiger partial charge on any atom is -0.480 e. The summed E-state index contributed by atoms with van der Waals surface area (Å²) in [7, 11) is 0. The molecular formula is C8H13NO2. The summed E-state index contributed by atoms with van der Waals surface area (Å²) in [5.74, 6) is -1.80. The first-order valence-electron chi connectivity index (χ1n) is 3.84. The lowest BCUT2D eigenvalue weighted by molar-refractivity contribution is -0.140. The normalized spacial score (nSPS) is 12.0. The first-order valence-corrected chi connectivity index (χ1v) is 3.84. The third kappa shape index (κ3) is 4.38. The number of carbonyl (C=O) groups is 1. The van der Waals surface area contributed by atoms with Gasteiger partial charge < -0.3 is 5.11 Å². The van der Waals surface area contributed by atoms with E-state index < -0.39 is 11.9 Å². The maximum atomic E-state index is 10.3. The summed E-state index contributed by atoms with van der Waals surface area (Å²) in [5, 5.41) is 16.8. The Morgan fingerprint density at radius 3 is 2.64 bits per heavy atom. The summed E-state index contributed by atoms with van der Waals surface area (Å²) in [6.45, 7) is 2.04. The first-order chi connectivity index (χ1) is 5.22. The zero-order valence-electron chi connectivity index (χ0n) is 6.71. The van der Waals surface area contributed by atoms with Crippen LogP contribution in [0.1, 0.15) is 32.6 Å². The maximum Gasteiger partial charge on any atom is 0.320 e. The molecule has 0 aliphatic rings. The molecule has 0 bridgehead atoms. The van der Waals surface area contributed by atoms with E-state index in [1.54, 1.807) is 6.07 Å². The Hall–Kier alpha value is -1.04. The fourth-order valence-corrected chi connectivity index (χ4v) is 0.842. The van der Waals surface area contributed by atoms with Crippen LogP contribution in [0.3, 0.4) is 0 Å². The number of hydrogen-bond donors (Lipinski definition) is 1. The van der Waals surface area contributed by atoms with E-state index in [4.69, 9.17) is 10.4 Å². The van der Waals surface area contributed by atoms with Crippen LogP contribution in [0.2, 0.25) is 0 Å². The van der Waals surface area contributed by atoms with Crippen molar-refractivity contribution in [2.24, 2.45) is 5.92 Å². The van der Waals surface area contributed by atoms with Crippen molar-refractivity contribution >= 4 is 5.97 Å². The Bertz CT molecular complexity index is 160. The number of nitriles is 1. The number of carboxylic acid groups (broad SMARTS) is 1. The number of carboxylic acids is 1. The van der Waals surface area contributed by atoms with Crippen LogP contribution in [-0.4, -0.2) is 11.1 Å². The SMILES string of the molecule is CCCCCC(C#N)C(=O)O. The number of unbranched alkanes of at least 4 members (excludes halogenated alkanes) is 2. The summed E-state index contributed by atoms with van der Waals surface area (Å²) in [5.41, 5.74) is 0. The average Bonchev–Trinajstić information content (AvgIpc) is 1.97. The Labute approximate surface area is 66.6 Å². The summed E-state index contributed by atoms with van der Waals surface area (Å²) in [4.78, 5) is 10.3. The highest BCUT2D eigenvalue weighted by atomic mass is 16.4. The molecular weight excluding hydrogens is 142 g/mol. The molecule has 0 aromatic rings. The molecule has 0 fully saturated rings. The molecule has 0 amide bonds. The zero-order valence-corrected chi connectivity index (χ0v) is 6.71. The molecule has 0 radical (unpaired) electrons. The van der Waals surface area contributed by atoms with E-state index in [2.05, 4.69) is 0 Å². The smallest absolute Gasteiger partial charge is 0.320 e. The van der Waals surface area contributed by atoms with Gasteiger partial charge in [0.1, 0.15) is 5.92 Å². The molecule has 3 heteroatoms. The summed E-state index contributed by atoms with van der Waals surface area (Å²) in [6, 6.07) is 1.76. The Morgan fingerprint density at radius 1 is 1.64 bits per heavy atom. The van der Waals surface area contributed by atoms with Crippen LogP contribution in [0, 0.1) is 17.2 Å². The molecule has 0 aromatic carbocycles. The van der Waals surface area contributed by atoms with Crippen molar-refractivity contribution in [2.45, 2.75) is 32.6 Å². The predicted molar refractivity (Wildman–Crippen MR) is 40.9 cm³/mol.